The summed E-state index contributed by atoms with van der Waals surface area (Å²) >= 11 is 5.04. The van der Waals surface area contributed by atoms with E-state index >= 15 is 8.78 Å². The van der Waals surface area contributed by atoms with E-state index in [0.717, 1.165) is 11.0 Å². The number of H-pyrrole nitrogens is 1. The number of nitrogen functional groups attached to an aromatic ring is 2. The van der Waals surface area contributed by atoms with Crippen molar-refractivity contribution in [2.75, 3.05) is 24.7 Å². The molecular formula is C19H22F2N11O8PS. The lowest BCUT2D eigenvalue weighted by Crippen LogP contribution is -2.33. The molecule has 2 aliphatic heterocycles. The van der Waals surface area contributed by atoms with Crippen LogP contribution in [0.3, 0.4) is 0 Å². The zero-order chi connectivity index (χ0) is 29.9. The number of fused-ring (bicyclic) bond motifs is 2. The van der Waals surface area contributed by atoms with E-state index in [1.54, 1.807) is 0 Å². The number of aliphatic hydroxyl groups excluding tert-OH is 2. The minimum Gasteiger partial charge on any atom is -0.394 e. The van der Waals surface area contributed by atoms with Crippen LogP contribution in [0.25, 0.3) is 22.3 Å². The van der Waals surface area contributed by atoms with Gasteiger partial charge in [0.25, 0.3) is 5.56 Å². The second-order valence-corrected chi connectivity index (χ2v) is 12.1. The SMILES string of the molecule is Nc1nc2c(nnn2[C@@H]2O[C@H](CO)[C@@H](F)[C@H]2OP(O)(=S)OC[C@H]2O[C@@H](n3cnc4c(N)ncnc43)[C@@H](F)[C@@H]2O)c(=O)[nH]1. The standard InChI is InChI=1S/C19H22F2N11O8PS/c20-7-5(1-33)38-18(32-15-10(29-30-32)16(35)28-19(23)27-15)12(7)40-41(36,42)37-2-6-11(34)8(21)17(39-6)31-4-26-9-13(22)24-3-25-14(9)31/h3-8,11-12,17-18,33-34H,1-2H2,(H,36,42)(H2,22,24,25)(H3,23,27,28,35)/t5-,6-,7-,8+,11-,12-,17-,18-,41?/m1/s1. The molecule has 4 aromatic heterocycles. The Morgan fingerprint density at radius 2 is 1.88 bits per heavy atom. The maximum Gasteiger partial charge on any atom is 0.325 e. The Labute approximate surface area is 236 Å². The summed E-state index contributed by atoms with van der Waals surface area (Å²) < 4.78 is 54.3. The quantitative estimate of drug-likeness (QED) is 0.114. The lowest BCUT2D eigenvalue weighted by Gasteiger charge is -2.25. The highest BCUT2D eigenvalue weighted by Crippen LogP contribution is 2.50. The van der Waals surface area contributed by atoms with Gasteiger partial charge in [0.2, 0.25) is 5.95 Å². The lowest BCUT2D eigenvalue weighted by atomic mass is 10.1. The number of hydrogen-bond donors (Lipinski definition) is 6. The van der Waals surface area contributed by atoms with Gasteiger partial charge in [0.1, 0.15) is 36.3 Å². The number of aliphatic hydroxyl groups is 2. The maximum absolute atomic E-state index is 15.3. The zero-order valence-electron chi connectivity index (χ0n) is 20.9. The van der Waals surface area contributed by atoms with Crippen LogP contribution in [0, 0.1) is 0 Å². The van der Waals surface area contributed by atoms with E-state index in [2.05, 4.69) is 35.2 Å². The molecule has 2 aliphatic rings. The highest BCUT2D eigenvalue weighted by molar-refractivity contribution is 8.07. The first-order valence-electron chi connectivity index (χ1n) is 12.1. The van der Waals surface area contributed by atoms with Crippen LogP contribution in [-0.2, 0) is 30.3 Å². The second-order valence-electron chi connectivity index (χ2n) is 9.27. The van der Waals surface area contributed by atoms with Crippen molar-refractivity contribution in [1.29, 1.82) is 0 Å². The van der Waals surface area contributed by atoms with E-state index in [1.807, 2.05) is 0 Å². The van der Waals surface area contributed by atoms with Crippen LogP contribution in [0.2, 0.25) is 0 Å². The zero-order valence-corrected chi connectivity index (χ0v) is 22.6. The number of hydrogen-bond acceptors (Lipinski definition) is 16. The molecule has 0 saturated carbocycles. The number of nitrogens with zero attached hydrogens (tertiary/aromatic N) is 8. The number of nitrogens with one attached hydrogen (secondary N) is 1. The van der Waals surface area contributed by atoms with Gasteiger partial charge in [0.05, 0.1) is 19.5 Å². The first-order valence-corrected chi connectivity index (χ1v) is 14.7. The van der Waals surface area contributed by atoms with Crippen LogP contribution in [0.1, 0.15) is 12.5 Å². The van der Waals surface area contributed by atoms with Crippen molar-refractivity contribution in [3.8, 4) is 0 Å². The number of halogens is 2. The van der Waals surface area contributed by atoms with Gasteiger partial charge in [-0.15, -0.1) is 5.10 Å². The molecule has 6 rings (SSSR count). The summed E-state index contributed by atoms with van der Waals surface area (Å²) in [5.41, 5.74) is 10.5. The molecule has 19 nitrogen and oxygen atoms in total. The average Bonchev–Trinajstić information content (AvgIpc) is 3.69. The van der Waals surface area contributed by atoms with Gasteiger partial charge < -0.3 is 40.6 Å². The van der Waals surface area contributed by atoms with Crippen molar-refractivity contribution in [2.24, 2.45) is 0 Å². The van der Waals surface area contributed by atoms with Gasteiger partial charge >= 0.3 is 6.72 Å². The van der Waals surface area contributed by atoms with Gasteiger partial charge in [-0.1, -0.05) is 5.21 Å². The minimum absolute atomic E-state index is 0.0550. The summed E-state index contributed by atoms with van der Waals surface area (Å²) in [6, 6.07) is 0. The molecule has 6 heterocycles. The summed E-state index contributed by atoms with van der Waals surface area (Å²) in [4.78, 5) is 41.0. The highest BCUT2D eigenvalue weighted by Gasteiger charge is 2.51. The van der Waals surface area contributed by atoms with Gasteiger partial charge in [0.15, 0.2) is 47.4 Å². The lowest BCUT2D eigenvalue weighted by molar-refractivity contribution is -0.0596. The third kappa shape index (κ3) is 4.89. The molecule has 0 spiro atoms. The van der Waals surface area contributed by atoms with Crippen molar-refractivity contribution < 1.29 is 42.4 Å². The Morgan fingerprint density at radius 3 is 2.64 bits per heavy atom. The fourth-order valence-electron chi connectivity index (χ4n) is 4.65. The number of anilines is 2. The van der Waals surface area contributed by atoms with E-state index in [-0.39, 0.29) is 34.1 Å². The molecule has 2 fully saturated rings. The molecular weight excluding hydrogens is 611 g/mol. The van der Waals surface area contributed by atoms with Crippen LogP contribution in [-0.4, -0.2) is 110 Å². The molecule has 0 bridgehead atoms. The largest absolute Gasteiger partial charge is 0.394 e. The summed E-state index contributed by atoms with van der Waals surface area (Å²) in [6.07, 6.45) is -10.9. The first-order chi connectivity index (χ1) is 20.0. The van der Waals surface area contributed by atoms with Crippen LogP contribution in [0.4, 0.5) is 20.5 Å². The molecule has 0 amide bonds. The second kappa shape index (κ2) is 10.7. The topological polar surface area (TPSA) is 270 Å². The molecule has 8 N–H and O–H groups in total. The van der Waals surface area contributed by atoms with Crippen LogP contribution < -0.4 is 17.0 Å². The van der Waals surface area contributed by atoms with Crippen molar-refractivity contribution in [2.45, 2.75) is 49.2 Å². The number of aromatic nitrogens is 9. The molecule has 9 atom stereocenters. The smallest absolute Gasteiger partial charge is 0.325 e. The first kappa shape index (κ1) is 28.8. The Morgan fingerprint density at radius 1 is 1.12 bits per heavy atom. The third-order valence-electron chi connectivity index (χ3n) is 6.65. The van der Waals surface area contributed by atoms with Gasteiger partial charge in [-0.25, -0.2) is 23.7 Å². The summed E-state index contributed by atoms with van der Waals surface area (Å²) in [5, 5.41) is 27.5. The predicted molar refractivity (Wildman–Crippen MR) is 138 cm³/mol. The van der Waals surface area contributed by atoms with E-state index in [4.69, 9.17) is 41.8 Å². The molecule has 0 aromatic carbocycles. The summed E-state index contributed by atoms with van der Waals surface area (Å²) in [7, 11) is 0. The van der Waals surface area contributed by atoms with Crippen molar-refractivity contribution in [3.05, 3.63) is 23.0 Å². The number of ether oxygens (including phenoxy) is 2. The van der Waals surface area contributed by atoms with Crippen LogP contribution in [0.15, 0.2) is 17.4 Å². The van der Waals surface area contributed by atoms with Crippen molar-refractivity contribution >= 4 is 52.6 Å². The Kier molecular flexibility index (Phi) is 7.35. The fourth-order valence-corrected chi connectivity index (χ4v) is 6.06. The van der Waals surface area contributed by atoms with Gasteiger partial charge in [-0.2, -0.15) is 9.67 Å². The molecule has 23 heteroatoms. The van der Waals surface area contributed by atoms with Crippen molar-refractivity contribution in [3.63, 3.8) is 0 Å². The van der Waals surface area contributed by atoms with Crippen LogP contribution in [0.5, 0.6) is 0 Å². The van der Waals surface area contributed by atoms with Gasteiger partial charge in [0, 0.05) is 0 Å². The molecule has 1 unspecified atom stereocenters. The Hall–Kier alpha value is -3.34. The maximum atomic E-state index is 15.3. The van der Waals surface area contributed by atoms with E-state index in [9.17, 15) is 19.9 Å². The third-order valence-corrected chi connectivity index (χ3v) is 8.21. The predicted octanol–water partition coefficient (Wildman–Crippen LogP) is -2.04. The van der Waals surface area contributed by atoms with Gasteiger partial charge in [-0.05, 0) is 11.8 Å². The molecule has 4 aromatic rings. The average molecular weight is 633 g/mol. The monoisotopic (exact) mass is 633 g/mol. The summed E-state index contributed by atoms with van der Waals surface area (Å²) in [5.74, 6) is -0.240. The number of rotatable bonds is 8. The number of nitrogens with two attached hydrogens (primary N) is 2. The number of aromatic amines is 1. The summed E-state index contributed by atoms with van der Waals surface area (Å²) in [6.45, 7) is -5.84. The highest BCUT2D eigenvalue weighted by atomic mass is 32.5. The molecule has 0 aliphatic carbocycles. The van der Waals surface area contributed by atoms with Gasteiger partial charge in [-0.3, -0.25) is 18.9 Å². The molecule has 0 radical (unpaired) electrons. The molecule has 226 valence electrons. The van der Waals surface area contributed by atoms with Crippen molar-refractivity contribution in [1.82, 2.24) is 44.5 Å². The number of imidazole rings is 1. The normalized spacial score (nSPS) is 31.3. The Balaban J connectivity index is 1.19. The number of alkyl halides is 2. The van der Waals surface area contributed by atoms with E-state index in [0.29, 0.717) is 0 Å². The minimum atomic E-state index is -4.37. The van der Waals surface area contributed by atoms with Crippen LogP contribution >= 0.6 is 6.72 Å². The molecule has 2 saturated heterocycles. The van der Waals surface area contributed by atoms with E-state index in [1.165, 1.54) is 10.9 Å². The molecule has 42 heavy (non-hydrogen) atoms. The van der Waals surface area contributed by atoms with E-state index < -0.39 is 74.7 Å². The fraction of sp³-hybridized carbons (Fsp3) is 0.526. The Bertz CT molecular complexity index is 1740.